The van der Waals surface area contributed by atoms with Gasteiger partial charge in [0.1, 0.15) is 23.1 Å². The molecule has 4 aliphatic carbocycles. The second-order valence-electron chi connectivity index (χ2n) is 15.3. The van der Waals surface area contributed by atoms with Gasteiger partial charge in [0.15, 0.2) is 0 Å². The zero-order valence-corrected chi connectivity index (χ0v) is 28.8. The van der Waals surface area contributed by atoms with Crippen LogP contribution in [0.15, 0.2) is 36.6 Å². The Balaban J connectivity index is 0.886. The quantitative estimate of drug-likeness (QED) is 0.102. The molecule has 2 aromatic carbocycles. The first kappa shape index (κ1) is 35.1. The number of halogens is 2. The molecule has 0 amide bonds. The van der Waals surface area contributed by atoms with Crippen LogP contribution < -0.4 is 20.9 Å². The molecule has 7 heteroatoms. The molecule has 2 fully saturated rings. The zero-order valence-electron chi connectivity index (χ0n) is 28.8. The van der Waals surface area contributed by atoms with Gasteiger partial charge in [-0.2, -0.15) is 0 Å². The van der Waals surface area contributed by atoms with Crippen LogP contribution in [-0.2, 0) is 17.6 Å². The number of esters is 1. The number of nitrogens with two attached hydrogens (primary N) is 2. The number of benzene rings is 2. The molecular weight excluding hydrogens is 606 g/mol. The van der Waals surface area contributed by atoms with Crippen LogP contribution in [0.1, 0.15) is 150 Å². The van der Waals surface area contributed by atoms with E-state index in [4.69, 9.17) is 20.9 Å². The Morgan fingerprint density at radius 1 is 0.646 bits per heavy atom. The molecule has 4 N–H and O–H groups in total. The van der Waals surface area contributed by atoms with Crippen molar-refractivity contribution in [2.45, 2.75) is 152 Å². The first-order valence-electron chi connectivity index (χ1n) is 19.0. The van der Waals surface area contributed by atoms with Crippen LogP contribution in [0.25, 0.3) is 0 Å². The van der Waals surface area contributed by atoms with Crippen LogP contribution in [0.5, 0.6) is 11.5 Å². The van der Waals surface area contributed by atoms with Gasteiger partial charge < -0.3 is 20.9 Å². The van der Waals surface area contributed by atoms with Gasteiger partial charge in [-0.15, -0.1) is 0 Å². The Kier molecular flexibility index (Phi) is 11.9. The molecule has 0 unspecified atom stereocenters. The third-order valence-corrected chi connectivity index (χ3v) is 11.9. The lowest BCUT2D eigenvalue weighted by atomic mass is 9.68. The largest absolute Gasteiger partial charge is 0.462 e. The fraction of sp³-hybridized carbons (Fsp3) is 0.634. The van der Waals surface area contributed by atoms with E-state index in [-0.39, 0.29) is 41.5 Å². The molecule has 0 aliphatic heterocycles. The Morgan fingerprint density at radius 3 is 1.65 bits per heavy atom. The summed E-state index contributed by atoms with van der Waals surface area (Å²) in [6.07, 6.45) is 19.3. The van der Waals surface area contributed by atoms with E-state index >= 15 is 8.78 Å². The summed E-state index contributed by atoms with van der Waals surface area (Å²) in [6.45, 7) is 4.10. The maximum atomic E-state index is 15.2. The van der Waals surface area contributed by atoms with Crippen LogP contribution in [0.4, 0.5) is 8.78 Å². The summed E-state index contributed by atoms with van der Waals surface area (Å²) in [5.74, 6) is 1.78. The van der Waals surface area contributed by atoms with Gasteiger partial charge in [0.05, 0.1) is 5.76 Å². The maximum Gasteiger partial charge on any atom is 0.311 e. The molecular formula is C41H56F2N2O3. The van der Waals surface area contributed by atoms with Crippen molar-refractivity contribution in [3.8, 4) is 11.5 Å². The summed E-state index contributed by atoms with van der Waals surface area (Å²) in [7, 11) is 0. The highest BCUT2D eigenvalue weighted by atomic mass is 19.1. The summed E-state index contributed by atoms with van der Waals surface area (Å²) >= 11 is 0. The normalized spacial score (nSPS) is 26.6. The number of carbonyl (C=O) groups is 1. The van der Waals surface area contributed by atoms with Gasteiger partial charge in [-0.05, 0) is 109 Å². The van der Waals surface area contributed by atoms with Crippen molar-refractivity contribution in [3.63, 3.8) is 0 Å². The number of fused-ring (bicyclic) bond motifs is 8. The highest BCUT2D eigenvalue weighted by Crippen LogP contribution is 2.45. The topological polar surface area (TPSA) is 87.6 Å². The van der Waals surface area contributed by atoms with Gasteiger partial charge in [-0.3, -0.25) is 4.79 Å². The van der Waals surface area contributed by atoms with Gasteiger partial charge in [-0.1, -0.05) is 70.8 Å². The van der Waals surface area contributed by atoms with E-state index in [2.05, 4.69) is 6.58 Å². The number of unbranched alkanes of at least 4 members (excludes halogenated alkanes) is 5. The molecule has 262 valence electrons. The van der Waals surface area contributed by atoms with E-state index in [1.807, 2.05) is 12.1 Å². The van der Waals surface area contributed by atoms with Crippen LogP contribution in [0, 0.1) is 23.5 Å². The summed E-state index contributed by atoms with van der Waals surface area (Å²) in [4.78, 5) is 12.6. The summed E-state index contributed by atoms with van der Waals surface area (Å²) in [6, 6.07) is 6.93. The predicted molar refractivity (Wildman–Crippen MR) is 187 cm³/mol. The molecule has 4 bridgehead atoms. The number of hydrogen-bond acceptors (Lipinski definition) is 5. The fourth-order valence-electron chi connectivity index (χ4n) is 9.22. The standard InChI is InChI=1S/C41H56F2N2O3/c1-26(47-29-22-33-31-17-11-6-9-15-27(40(31)44)20-35(33)37(42)24-29)14-8-4-2-3-5-13-19-39(46)48-30-23-34-32-18-12-7-10-16-28(41(32)45)21-36(34)38(43)25-30/h22-25,27-28,31-32,40-41H,1-21,44-45H2/t27-,28-,31+,32+,40-,41-/m0/s1. The summed E-state index contributed by atoms with van der Waals surface area (Å²) in [5.41, 5.74) is 16.9. The maximum absolute atomic E-state index is 15.2. The minimum absolute atomic E-state index is 0.0430. The average Bonchev–Trinajstić information content (AvgIpc) is 3.04. The van der Waals surface area contributed by atoms with Crippen LogP contribution >= 0.6 is 0 Å². The first-order valence-corrected chi connectivity index (χ1v) is 19.0. The first-order chi connectivity index (χ1) is 23.3. The molecule has 2 saturated carbocycles. The van der Waals surface area contributed by atoms with Crippen molar-refractivity contribution in [1.29, 1.82) is 0 Å². The number of rotatable bonds is 12. The zero-order chi connectivity index (χ0) is 33.6. The SMILES string of the molecule is C=C(CCCCCCCCC(=O)Oc1cc(F)c2c(c1)[C@H]1CCCCC[C@@H](C2)[C@@H]1N)Oc1cc(F)c2c(c1)[C@H]1CCCCC[C@@H](C2)[C@@H]1N. The summed E-state index contributed by atoms with van der Waals surface area (Å²) in [5, 5.41) is 0. The smallest absolute Gasteiger partial charge is 0.311 e. The van der Waals surface area contributed by atoms with Gasteiger partial charge in [0.2, 0.25) is 0 Å². The monoisotopic (exact) mass is 662 g/mol. The van der Waals surface area contributed by atoms with E-state index in [0.717, 1.165) is 112 Å². The molecule has 0 spiro atoms. The summed E-state index contributed by atoms with van der Waals surface area (Å²) < 4.78 is 42.0. The lowest BCUT2D eigenvalue weighted by molar-refractivity contribution is -0.134. The molecule has 0 saturated heterocycles. The van der Waals surface area contributed by atoms with Crippen LogP contribution in [0.2, 0.25) is 0 Å². The number of ether oxygens (including phenoxy) is 2. The van der Waals surface area contributed by atoms with E-state index < -0.39 is 0 Å². The minimum atomic E-state index is -0.312. The Labute approximate surface area is 286 Å². The van der Waals surface area contributed by atoms with Crippen molar-refractivity contribution in [3.05, 3.63) is 70.5 Å². The van der Waals surface area contributed by atoms with Crippen molar-refractivity contribution in [2.75, 3.05) is 0 Å². The highest BCUT2D eigenvalue weighted by molar-refractivity contribution is 5.72. The van der Waals surface area contributed by atoms with E-state index in [1.165, 1.54) is 37.8 Å². The van der Waals surface area contributed by atoms with E-state index in [0.29, 0.717) is 41.9 Å². The van der Waals surface area contributed by atoms with Gasteiger partial charge in [-0.25, -0.2) is 8.78 Å². The third-order valence-electron chi connectivity index (χ3n) is 11.9. The van der Waals surface area contributed by atoms with Crippen molar-refractivity contribution < 1.29 is 23.0 Å². The molecule has 0 heterocycles. The lowest BCUT2D eigenvalue weighted by Gasteiger charge is -2.39. The van der Waals surface area contributed by atoms with Gasteiger partial charge in [0.25, 0.3) is 0 Å². The molecule has 48 heavy (non-hydrogen) atoms. The Morgan fingerprint density at radius 2 is 1.10 bits per heavy atom. The molecule has 0 radical (unpaired) electrons. The van der Waals surface area contributed by atoms with E-state index in [9.17, 15) is 4.79 Å². The van der Waals surface area contributed by atoms with Crippen LogP contribution in [0.3, 0.4) is 0 Å². The second-order valence-corrected chi connectivity index (χ2v) is 15.3. The van der Waals surface area contributed by atoms with Crippen LogP contribution in [-0.4, -0.2) is 18.1 Å². The second kappa shape index (κ2) is 16.3. The molecule has 0 aromatic heterocycles. The Hall–Kier alpha value is -2.77. The Bertz CT molecular complexity index is 1340. The molecule has 6 rings (SSSR count). The van der Waals surface area contributed by atoms with E-state index in [1.54, 1.807) is 0 Å². The minimum Gasteiger partial charge on any atom is -0.462 e. The molecule has 6 atom stereocenters. The predicted octanol–water partition coefficient (Wildman–Crippen LogP) is 9.68. The third kappa shape index (κ3) is 8.33. The highest BCUT2D eigenvalue weighted by Gasteiger charge is 2.38. The van der Waals surface area contributed by atoms with Gasteiger partial charge >= 0.3 is 5.97 Å². The van der Waals surface area contributed by atoms with Crippen molar-refractivity contribution >= 4 is 5.97 Å². The molecule has 4 aliphatic rings. The number of hydrogen-bond donors (Lipinski definition) is 2. The van der Waals surface area contributed by atoms with Crippen molar-refractivity contribution in [1.82, 2.24) is 0 Å². The average molecular weight is 663 g/mol. The molecule has 5 nitrogen and oxygen atoms in total. The van der Waals surface area contributed by atoms with Crippen molar-refractivity contribution in [2.24, 2.45) is 23.3 Å². The van der Waals surface area contributed by atoms with Gasteiger partial charge in [0, 0.05) is 37.1 Å². The number of allylic oxidation sites excluding steroid dienone is 1. The number of carbonyl (C=O) groups excluding carboxylic acids is 1. The molecule has 2 aromatic rings. The fourth-order valence-corrected chi connectivity index (χ4v) is 9.22. The lowest BCUT2D eigenvalue weighted by Crippen LogP contribution is -2.42.